The van der Waals surface area contributed by atoms with E-state index in [4.69, 9.17) is 0 Å². The fourth-order valence-electron chi connectivity index (χ4n) is 14.9. The third-order valence-corrected chi connectivity index (χ3v) is 19.5. The van der Waals surface area contributed by atoms with Crippen molar-refractivity contribution < 1.29 is 24.0 Å². The van der Waals surface area contributed by atoms with Crippen molar-refractivity contribution in [3.63, 3.8) is 0 Å². The number of benzene rings is 14. The number of fused-ring (bicyclic) bond motifs is 14. The van der Waals surface area contributed by atoms with Crippen molar-refractivity contribution >= 4 is 134 Å². The number of rotatable bonds is 4. The number of hydrogen-bond donors (Lipinski definition) is 0. The summed E-state index contributed by atoms with van der Waals surface area (Å²) in [5.41, 5.74) is 15.5. The summed E-state index contributed by atoms with van der Waals surface area (Å²) in [6.07, 6.45) is 2.71. The Morgan fingerprint density at radius 3 is 1.06 bits per heavy atom. The highest BCUT2D eigenvalue weighted by Gasteiger charge is 2.41. The predicted octanol–water partition coefficient (Wildman–Crippen LogP) is 21.2. The van der Waals surface area contributed by atoms with Crippen molar-refractivity contribution in [3.05, 3.63) is 328 Å². The predicted molar refractivity (Wildman–Crippen MR) is 380 cm³/mol. The monoisotopic (exact) mass is 1200 g/mol. The van der Waals surface area contributed by atoms with Crippen LogP contribution in [-0.2, 0) is 10.8 Å². The average Bonchev–Trinajstić information content (AvgIpc) is 1.46. The summed E-state index contributed by atoms with van der Waals surface area (Å²) >= 11 is 0. The Balaban J connectivity index is 0.000000125. The normalized spacial score (nSPS) is 14.6. The maximum Gasteiger partial charge on any atom is 0.197 e. The van der Waals surface area contributed by atoms with Crippen LogP contribution in [0.15, 0.2) is 272 Å². The van der Waals surface area contributed by atoms with E-state index in [2.05, 4.69) is 213 Å². The van der Waals surface area contributed by atoms with Crippen molar-refractivity contribution in [2.45, 2.75) is 44.9 Å². The molecule has 14 aromatic rings. The summed E-state index contributed by atoms with van der Waals surface area (Å²) in [5, 5.41) is 13.4. The third kappa shape index (κ3) is 9.29. The van der Waals surface area contributed by atoms with Crippen molar-refractivity contribution in [2.24, 2.45) is 0 Å². The quantitative estimate of drug-likeness (QED) is 0.0750. The molecule has 0 saturated heterocycles. The first-order valence-electron chi connectivity index (χ1n) is 31.5. The first-order chi connectivity index (χ1) is 45.2. The van der Waals surface area contributed by atoms with Gasteiger partial charge in [0.25, 0.3) is 0 Å². The molecule has 0 saturated carbocycles. The Labute approximate surface area is 538 Å². The van der Waals surface area contributed by atoms with Gasteiger partial charge >= 0.3 is 0 Å². The van der Waals surface area contributed by atoms with Crippen LogP contribution < -0.4 is 9.80 Å². The molecule has 18 rings (SSSR count). The number of ketones is 4. The van der Waals surface area contributed by atoms with Crippen LogP contribution in [-0.4, -0.2) is 29.4 Å². The lowest BCUT2D eigenvalue weighted by atomic mass is 9.71. The van der Waals surface area contributed by atoms with Gasteiger partial charge in [0.05, 0.1) is 34.7 Å². The Bertz CT molecular complexity index is 5490. The number of carbonyl (C=O) groups excluding carboxylic acids is 5. The molecule has 0 bridgehead atoms. The van der Waals surface area contributed by atoms with Gasteiger partial charge in [-0.1, -0.05) is 198 Å². The molecule has 14 aromatic carbocycles. The molecule has 4 aliphatic rings. The highest BCUT2D eigenvalue weighted by Crippen LogP contribution is 2.57. The number of anilines is 6. The van der Waals surface area contributed by atoms with E-state index in [0.717, 1.165) is 66.6 Å². The fourth-order valence-corrected chi connectivity index (χ4v) is 14.9. The lowest BCUT2D eigenvalue weighted by molar-refractivity contribution is 0.0919. The Kier molecular flexibility index (Phi) is 13.2. The number of carbonyl (C=O) groups is 5. The molecule has 0 aromatic heterocycles. The summed E-state index contributed by atoms with van der Waals surface area (Å²) in [6, 6.07) is 91.5. The van der Waals surface area contributed by atoms with Gasteiger partial charge < -0.3 is 9.80 Å². The minimum Gasteiger partial charge on any atom is -0.310 e. The topological polar surface area (TPSA) is 91.8 Å². The minimum absolute atomic E-state index is 0.0334. The molecule has 0 radical (unpaired) electrons. The van der Waals surface area contributed by atoms with Gasteiger partial charge in [0.2, 0.25) is 0 Å². The number of hydrogen-bond acceptors (Lipinski definition) is 7. The highest BCUT2D eigenvalue weighted by molar-refractivity contribution is 6.42. The van der Waals surface area contributed by atoms with E-state index in [-0.39, 0.29) is 46.0 Å². The van der Waals surface area contributed by atoms with Gasteiger partial charge in [0.1, 0.15) is 6.29 Å². The van der Waals surface area contributed by atoms with E-state index in [9.17, 15) is 24.0 Å². The van der Waals surface area contributed by atoms with Gasteiger partial charge in [-0.3, -0.25) is 24.0 Å². The summed E-state index contributed by atoms with van der Waals surface area (Å²) < 4.78 is 0. The van der Waals surface area contributed by atoms with E-state index >= 15 is 0 Å². The van der Waals surface area contributed by atoms with Crippen LogP contribution in [0.25, 0.3) is 70.7 Å². The van der Waals surface area contributed by atoms with Gasteiger partial charge in [0.15, 0.2) is 23.1 Å². The van der Waals surface area contributed by atoms with Crippen LogP contribution in [0.2, 0.25) is 0 Å². The van der Waals surface area contributed by atoms with Crippen molar-refractivity contribution in [1.82, 2.24) is 0 Å². The van der Waals surface area contributed by atoms with Gasteiger partial charge in [-0.2, -0.15) is 0 Å². The average molecular weight is 1200 g/mol. The second kappa shape index (κ2) is 21.8. The van der Waals surface area contributed by atoms with Gasteiger partial charge in [-0.15, -0.1) is 0 Å². The molecular weight excluding hydrogens is 1140 g/mol. The SMILES string of the molecule is CC1(C)c2cc3ccccc3cc2N(c2ccccc2)c2ccc3cc(C=C4C(=O)c5cc6ccccc6cc5C4=O)ccc3c21.CC1(C)c2cc3ccccc3cc2N(c2ccccc2)c2ccc3cc(C=O)ccc3c21.O=C1CC(=O)c2cc3ccccc3cc21. The van der Waals surface area contributed by atoms with E-state index < -0.39 is 0 Å². The zero-order valence-corrected chi connectivity index (χ0v) is 51.7. The fraction of sp³-hybridized carbons (Fsp3) is 0.0814. The molecule has 0 spiro atoms. The van der Waals surface area contributed by atoms with E-state index in [1.807, 2.05) is 91.0 Å². The standard InChI is InChI=1S/C43H29NO2.C30H23NO.C13H8O2/c1-43(2)37-24-29-12-8-9-13-30(29)25-39(37)44(32-14-4-3-5-15-32)38-19-17-31-20-26(16-18-33(31)40(38)43)21-36-41(45)34-22-27-10-6-7-11-28(27)23-35(34)42(36)46;1-30(2)26-17-21-8-6-7-9-22(21)18-28(26)31(24-10-4-3-5-11-24)27-15-13-23-16-20(19-32)12-14-25(23)29(27)30;14-12-7-13(15)11-6-9-4-2-1-3-8(9)5-10(11)12/h3-25H,1-2H3;3-19H,1-2H3;1-6H,7H2. The Morgan fingerprint density at radius 1 is 0.323 bits per heavy atom. The zero-order chi connectivity index (χ0) is 63.4. The van der Waals surface area contributed by atoms with Crippen molar-refractivity contribution in [3.8, 4) is 0 Å². The maximum atomic E-state index is 13.5. The van der Waals surface area contributed by atoms with Crippen LogP contribution >= 0.6 is 0 Å². The van der Waals surface area contributed by atoms with E-state index in [0.29, 0.717) is 27.8 Å². The molecule has 0 unspecified atom stereocenters. The molecule has 0 fully saturated rings. The summed E-state index contributed by atoms with van der Waals surface area (Å²) in [6.45, 7) is 9.26. The zero-order valence-electron chi connectivity index (χ0n) is 51.7. The molecular formula is C86H60N2O5. The van der Waals surface area contributed by atoms with Crippen LogP contribution in [0.4, 0.5) is 34.1 Å². The maximum absolute atomic E-state index is 13.5. The molecule has 0 amide bonds. The summed E-state index contributed by atoms with van der Waals surface area (Å²) in [4.78, 5) is 66.1. The molecule has 2 heterocycles. The summed E-state index contributed by atoms with van der Waals surface area (Å²) in [7, 11) is 0. The van der Waals surface area contributed by atoms with Crippen LogP contribution in [0, 0.1) is 0 Å². The first-order valence-corrected chi connectivity index (χ1v) is 31.5. The van der Waals surface area contributed by atoms with Crippen LogP contribution in [0.1, 0.15) is 114 Å². The molecule has 7 nitrogen and oxygen atoms in total. The molecule has 0 N–H and O–H groups in total. The van der Waals surface area contributed by atoms with Crippen molar-refractivity contribution in [1.29, 1.82) is 0 Å². The number of allylic oxidation sites excluding steroid dienone is 1. The Hall–Kier alpha value is -11.7. The molecule has 444 valence electrons. The molecule has 2 aliphatic carbocycles. The largest absolute Gasteiger partial charge is 0.310 e. The first kappa shape index (κ1) is 56.6. The van der Waals surface area contributed by atoms with Gasteiger partial charge in [-0.05, 0) is 196 Å². The summed E-state index contributed by atoms with van der Waals surface area (Å²) in [5.74, 6) is -0.527. The van der Waals surface area contributed by atoms with Gasteiger partial charge in [-0.25, -0.2) is 0 Å². The molecule has 2 aliphatic heterocycles. The second-order valence-corrected chi connectivity index (χ2v) is 25.8. The smallest absolute Gasteiger partial charge is 0.197 e. The second-order valence-electron chi connectivity index (χ2n) is 25.8. The van der Waals surface area contributed by atoms with Crippen LogP contribution in [0.5, 0.6) is 0 Å². The number of para-hydroxylation sites is 2. The molecule has 7 heteroatoms. The van der Waals surface area contributed by atoms with E-state index in [1.54, 1.807) is 6.08 Å². The third-order valence-electron chi connectivity index (χ3n) is 19.5. The Morgan fingerprint density at radius 2 is 0.667 bits per heavy atom. The lowest BCUT2D eigenvalue weighted by Crippen LogP contribution is -2.31. The van der Waals surface area contributed by atoms with Crippen molar-refractivity contribution in [2.75, 3.05) is 9.80 Å². The molecule has 93 heavy (non-hydrogen) atoms. The number of nitrogens with zero attached hydrogens (tertiary/aromatic N) is 2. The van der Waals surface area contributed by atoms with Gasteiger partial charge in [0, 0.05) is 50.0 Å². The van der Waals surface area contributed by atoms with Crippen LogP contribution in [0.3, 0.4) is 0 Å². The minimum atomic E-state index is -0.291. The highest BCUT2D eigenvalue weighted by atomic mass is 16.2. The lowest BCUT2D eigenvalue weighted by Gasteiger charge is -2.43. The van der Waals surface area contributed by atoms with E-state index in [1.165, 1.54) is 66.2 Å². The number of Topliss-reactive ketones (excluding diaryl/α,β-unsaturated/α-hetero) is 4. The molecule has 0 atom stereocenters. The number of aldehydes is 1.